The zero-order valence-electron chi connectivity index (χ0n) is 12.5. The molecule has 0 atom stereocenters. The lowest BCUT2D eigenvalue weighted by atomic mass is 10.1. The van der Waals surface area contributed by atoms with Gasteiger partial charge in [0.25, 0.3) is 11.5 Å². The highest BCUT2D eigenvalue weighted by Gasteiger charge is 2.08. The van der Waals surface area contributed by atoms with E-state index in [1.165, 1.54) is 29.8 Å². The van der Waals surface area contributed by atoms with Crippen LogP contribution in [-0.4, -0.2) is 35.2 Å². The Morgan fingerprint density at radius 2 is 2.04 bits per heavy atom. The predicted octanol–water partition coefficient (Wildman–Crippen LogP) is 0.720. The Morgan fingerprint density at radius 3 is 2.74 bits per heavy atom. The van der Waals surface area contributed by atoms with Crippen LogP contribution in [0.3, 0.4) is 0 Å². The van der Waals surface area contributed by atoms with Gasteiger partial charge in [-0.1, -0.05) is 12.1 Å². The van der Waals surface area contributed by atoms with Crippen LogP contribution >= 0.6 is 0 Å². The molecule has 0 aliphatic rings. The van der Waals surface area contributed by atoms with Gasteiger partial charge in [-0.3, -0.25) is 9.59 Å². The van der Waals surface area contributed by atoms with Gasteiger partial charge in [0.1, 0.15) is 0 Å². The number of carboxylic acid groups (broad SMARTS) is 1. The van der Waals surface area contributed by atoms with Gasteiger partial charge < -0.3 is 19.7 Å². The van der Waals surface area contributed by atoms with Crippen molar-refractivity contribution in [3.63, 3.8) is 0 Å². The van der Waals surface area contributed by atoms with Crippen LogP contribution in [0.5, 0.6) is 5.75 Å². The maximum Gasteiger partial charge on any atom is 0.335 e. The largest absolute Gasteiger partial charge is 0.478 e. The van der Waals surface area contributed by atoms with Crippen LogP contribution in [0.15, 0.2) is 47.4 Å². The van der Waals surface area contributed by atoms with E-state index in [-0.39, 0.29) is 30.4 Å². The van der Waals surface area contributed by atoms with Gasteiger partial charge in [0.2, 0.25) is 0 Å². The van der Waals surface area contributed by atoms with Crippen LogP contribution in [0.4, 0.5) is 0 Å². The van der Waals surface area contributed by atoms with Gasteiger partial charge >= 0.3 is 5.97 Å². The summed E-state index contributed by atoms with van der Waals surface area (Å²) in [5, 5.41) is 11.4. The molecule has 7 heteroatoms. The molecular weight excluding hydrogens is 300 g/mol. The number of benzene rings is 1. The van der Waals surface area contributed by atoms with E-state index in [0.29, 0.717) is 5.56 Å². The van der Waals surface area contributed by atoms with Crippen molar-refractivity contribution in [2.45, 2.75) is 6.54 Å². The summed E-state index contributed by atoms with van der Waals surface area (Å²) in [6.07, 6.45) is 1.57. The van der Waals surface area contributed by atoms with Crippen molar-refractivity contribution in [1.29, 1.82) is 0 Å². The second-order valence-electron chi connectivity index (χ2n) is 4.77. The summed E-state index contributed by atoms with van der Waals surface area (Å²) in [4.78, 5) is 34.4. The van der Waals surface area contributed by atoms with Gasteiger partial charge in [-0.15, -0.1) is 0 Å². The number of carbonyl (C=O) groups excluding carboxylic acids is 1. The van der Waals surface area contributed by atoms with E-state index in [2.05, 4.69) is 5.32 Å². The van der Waals surface area contributed by atoms with Gasteiger partial charge in [-0.25, -0.2) is 4.79 Å². The average molecular weight is 316 g/mol. The van der Waals surface area contributed by atoms with E-state index in [1.807, 2.05) is 0 Å². The number of carboxylic acids is 1. The predicted molar refractivity (Wildman–Crippen MR) is 82.8 cm³/mol. The van der Waals surface area contributed by atoms with Crippen LogP contribution < -0.4 is 15.6 Å². The Labute approximate surface area is 132 Å². The molecule has 23 heavy (non-hydrogen) atoms. The zero-order valence-corrected chi connectivity index (χ0v) is 12.5. The van der Waals surface area contributed by atoms with Crippen molar-refractivity contribution >= 4 is 11.9 Å². The number of ether oxygens (including phenoxy) is 1. The topological polar surface area (TPSA) is 97.6 Å². The number of hydrogen-bond acceptors (Lipinski definition) is 4. The van der Waals surface area contributed by atoms with Gasteiger partial charge in [0, 0.05) is 13.2 Å². The first-order valence-electron chi connectivity index (χ1n) is 6.86. The molecule has 0 aliphatic carbocycles. The third-order valence-corrected chi connectivity index (χ3v) is 3.15. The van der Waals surface area contributed by atoms with Gasteiger partial charge in [0.05, 0.1) is 12.1 Å². The van der Waals surface area contributed by atoms with E-state index in [0.717, 1.165) is 0 Å². The standard InChI is InChI=1S/C16H16N2O5/c1-17-14(19)10-23-13-6-3-7-18(15(13)20)9-11-4-2-5-12(8-11)16(21)22/h2-8H,9-10H2,1H3,(H,17,19)(H,21,22). The molecule has 0 aliphatic heterocycles. The molecule has 0 unspecified atom stereocenters. The molecule has 2 rings (SSSR count). The van der Waals surface area contributed by atoms with Crippen molar-refractivity contribution in [1.82, 2.24) is 9.88 Å². The fourth-order valence-corrected chi connectivity index (χ4v) is 1.96. The third-order valence-electron chi connectivity index (χ3n) is 3.15. The zero-order chi connectivity index (χ0) is 16.8. The van der Waals surface area contributed by atoms with E-state index in [4.69, 9.17) is 9.84 Å². The van der Waals surface area contributed by atoms with Crippen molar-refractivity contribution in [2.24, 2.45) is 0 Å². The summed E-state index contributed by atoms with van der Waals surface area (Å²) in [7, 11) is 1.48. The summed E-state index contributed by atoms with van der Waals surface area (Å²) < 4.78 is 6.58. The minimum atomic E-state index is -1.03. The number of likely N-dealkylation sites (N-methyl/N-ethyl adjacent to an activating group) is 1. The molecule has 0 fully saturated rings. The molecular formula is C16H16N2O5. The highest BCUT2D eigenvalue weighted by atomic mass is 16.5. The van der Waals surface area contributed by atoms with Gasteiger partial charge in [0.15, 0.2) is 12.4 Å². The molecule has 1 heterocycles. The Kier molecular flexibility index (Phi) is 5.14. The number of pyridine rings is 1. The van der Waals surface area contributed by atoms with Crippen molar-refractivity contribution < 1.29 is 19.4 Å². The number of nitrogens with zero attached hydrogens (tertiary/aromatic N) is 1. The number of rotatable bonds is 6. The lowest BCUT2D eigenvalue weighted by Crippen LogP contribution is -2.28. The van der Waals surface area contributed by atoms with Crippen LogP contribution in [0, 0.1) is 0 Å². The van der Waals surface area contributed by atoms with Gasteiger partial charge in [-0.2, -0.15) is 0 Å². The monoisotopic (exact) mass is 316 g/mol. The second-order valence-corrected chi connectivity index (χ2v) is 4.77. The summed E-state index contributed by atoms with van der Waals surface area (Å²) in [6.45, 7) is -0.0403. The Balaban J connectivity index is 2.20. The van der Waals surface area contributed by atoms with Crippen molar-refractivity contribution in [2.75, 3.05) is 13.7 Å². The average Bonchev–Trinajstić information content (AvgIpc) is 2.55. The summed E-state index contributed by atoms with van der Waals surface area (Å²) in [6, 6.07) is 9.45. The smallest absolute Gasteiger partial charge is 0.335 e. The van der Waals surface area contributed by atoms with E-state index in [1.54, 1.807) is 24.4 Å². The number of carbonyl (C=O) groups is 2. The number of aromatic carboxylic acids is 1. The lowest BCUT2D eigenvalue weighted by molar-refractivity contribution is -0.122. The first-order valence-corrected chi connectivity index (χ1v) is 6.86. The maximum absolute atomic E-state index is 12.3. The first kappa shape index (κ1) is 16.3. The highest BCUT2D eigenvalue weighted by Crippen LogP contribution is 2.08. The molecule has 0 saturated carbocycles. The third kappa shape index (κ3) is 4.19. The maximum atomic E-state index is 12.3. The molecule has 1 aromatic heterocycles. The van der Waals surface area contributed by atoms with E-state index >= 15 is 0 Å². The van der Waals surface area contributed by atoms with Crippen LogP contribution in [0.1, 0.15) is 15.9 Å². The molecule has 1 amide bonds. The quantitative estimate of drug-likeness (QED) is 0.818. The van der Waals surface area contributed by atoms with E-state index in [9.17, 15) is 14.4 Å². The Bertz CT molecular complexity index is 782. The number of nitrogens with one attached hydrogen (secondary N) is 1. The van der Waals surface area contributed by atoms with Gasteiger partial charge in [-0.05, 0) is 29.8 Å². The lowest BCUT2D eigenvalue weighted by Gasteiger charge is -2.09. The summed E-state index contributed by atoms with van der Waals surface area (Å²) in [5.41, 5.74) is 0.440. The fourth-order valence-electron chi connectivity index (χ4n) is 1.96. The molecule has 0 spiro atoms. The summed E-state index contributed by atoms with van der Waals surface area (Å²) in [5.74, 6) is -1.30. The molecule has 2 aromatic rings. The Hall–Kier alpha value is -3.09. The van der Waals surface area contributed by atoms with E-state index < -0.39 is 11.5 Å². The molecule has 0 bridgehead atoms. The van der Waals surface area contributed by atoms with Crippen molar-refractivity contribution in [3.8, 4) is 5.75 Å². The normalized spacial score (nSPS) is 10.1. The van der Waals surface area contributed by atoms with Crippen molar-refractivity contribution in [3.05, 3.63) is 64.1 Å². The fraction of sp³-hybridized carbons (Fsp3) is 0.188. The highest BCUT2D eigenvalue weighted by molar-refractivity contribution is 5.87. The molecule has 120 valence electrons. The number of amides is 1. The molecule has 7 nitrogen and oxygen atoms in total. The van der Waals surface area contributed by atoms with Crippen LogP contribution in [0.25, 0.3) is 0 Å². The molecule has 1 aromatic carbocycles. The first-order chi connectivity index (χ1) is 11.0. The molecule has 0 radical (unpaired) electrons. The van der Waals surface area contributed by atoms with Crippen LogP contribution in [0.2, 0.25) is 0 Å². The summed E-state index contributed by atoms with van der Waals surface area (Å²) >= 11 is 0. The minimum absolute atomic E-state index is 0.0606. The Morgan fingerprint density at radius 1 is 1.26 bits per heavy atom. The molecule has 2 N–H and O–H groups in total. The molecule has 0 saturated heterocycles. The minimum Gasteiger partial charge on any atom is -0.478 e. The second kappa shape index (κ2) is 7.26. The SMILES string of the molecule is CNC(=O)COc1cccn(Cc2cccc(C(=O)O)c2)c1=O. The number of aromatic nitrogens is 1. The number of hydrogen-bond donors (Lipinski definition) is 2. The van der Waals surface area contributed by atoms with Crippen LogP contribution in [-0.2, 0) is 11.3 Å².